The smallest absolute Gasteiger partial charge is 0.350 e. The quantitative estimate of drug-likeness (QED) is 0.128. The van der Waals surface area contributed by atoms with Crippen LogP contribution in [0.2, 0.25) is 5.02 Å². The SMILES string of the molecule is CCCCOc1cccc(C2C(=C(O)c3ccc(Cl)cc3)C(=O)C(=O)N2c2nc(C)c(C(=O)OC)s2)c1. The summed E-state index contributed by atoms with van der Waals surface area (Å²) in [5, 5.41) is 11.8. The summed E-state index contributed by atoms with van der Waals surface area (Å²) in [6, 6.07) is 12.3. The molecule has 10 heteroatoms. The van der Waals surface area contributed by atoms with E-state index in [1.807, 2.05) is 0 Å². The number of aromatic nitrogens is 1. The number of carbonyl (C=O) groups is 3. The zero-order chi connectivity index (χ0) is 26.7. The van der Waals surface area contributed by atoms with E-state index < -0.39 is 23.7 Å². The number of rotatable bonds is 8. The highest BCUT2D eigenvalue weighted by Crippen LogP contribution is 2.44. The molecule has 1 saturated heterocycles. The van der Waals surface area contributed by atoms with Gasteiger partial charge in [-0.15, -0.1) is 0 Å². The lowest BCUT2D eigenvalue weighted by Gasteiger charge is -2.23. The Balaban J connectivity index is 1.89. The highest BCUT2D eigenvalue weighted by atomic mass is 35.5. The van der Waals surface area contributed by atoms with Crippen LogP contribution in [-0.4, -0.2) is 41.5 Å². The number of esters is 1. The summed E-state index contributed by atoms with van der Waals surface area (Å²) in [6.07, 6.45) is 1.83. The molecule has 0 radical (unpaired) electrons. The number of ketones is 1. The Morgan fingerprint density at radius 1 is 1.19 bits per heavy atom. The van der Waals surface area contributed by atoms with Crippen molar-refractivity contribution in [2.45, 2.75) is 32.7 Å². The summed E-state index contributed by atoms with van der Waals surface area (Å²) < 4.78 is 10.7. The van der Waals surface area contributed by atoms with Crippen molar-refractivity contribution in [1.29, 1.82) is 0 Å². The molecule has 1 N–H and O–H groups in total. The lowest BCUT2D eigenvalue weighted by Crippen LogP contribution is -2.29. The largest absolute Gasteiger partial charge is 0.507 e. The molecular formula is C27H25ClN2O6S. The van der Waals surface area contributed by atoms with E-state index in [2.05, 4.69) is 11.9 Å². The molecule has 37 heavy (non-hydrogen) atoms. The predicted molar refractivity (Wildman–Crippen MR) is 141 cm³/mol. The van der Waals surface area contributed by atoms with Crippen molar-refractivity contribution in [2.75, 3.05) is 18.6 Å². The number of halogens is 1. The van der Waals surface area contributed by atoms with Gasteiger partial charge < -0.3 is 14.6 Å². The molecule has 0 saturated carbocycles. The summed E-state index contributed by atoms with van der Waals surface area (Å²) in [7, 11) is 1.25. The van der Waals surface area contributed by atoms with Crippen LogP contribution >= 0.6 is 22.9 Å². The average molecular weight is 541 g/mol. The van der Waals surface area contributed by atoms with Crippen molar-refractivity contribution in [2.24, 2.45) is 0 Å². The van der Waals surface area contributed by atoms with Gasteiger partial charge >= 0.3 is 11.9 Å². The third-order valence-electron chi connectivity index (χ3n) is 5.86. The van der Waals surface area contributed by atoms with E-state index in [1.54, 1.807) is 55.5 Å². The number of nitrogens with zero attached hydrogens (tertiary/aromatic N) is 2. The second kappa shape index (κ2) is 11.1. The summed E-state index contributed by atoms with van der Waals surface area (Å²) in [4.78, 5) is 44.8. The van der Waals surface area contributed by atoms with Crippen LogP contribution in [-0.2, 0) is 14.3 Å². The third-order valence-corrected chi connectivity index (χ3v) is 7.25. The highest BCUT2D eigenvalue weighted by molar-refractivity contribution is 7.17. The van der Waals surface area contributed by atoms with Crippen LogP contribution in [0.1, 0.15) is 52.3 Å². The molecule has 2 aromatic carbocycles. The zero-order valence-corrected chi connectivity index (χ0v) is 22.1. The molecule has 1 aromatic heterocycles. The molecule has 0 bridgehead atoms. The van der Waals surface area contributed by atoms with Gasteiger partial charge in [-0.3, -0.25) is 14.5 Å². The molecule has 3 aromatic rings. The van der Waals surface area contributed by atoms with Crippen LogP contribution in [0.3, 0.4) is 0 Å². The number of benzene rings is 2. The van der Waals surface area contributed by atoms with Crippen LogP contribution in [0, 0.1) is 6.92 Å². The van der Waals surface area contributed by atoms with Crippen LogP contribution < -0.4 is 9.64 Å². The normalized spacial score (nSPS) is 16.8. The topological polar surface area (TPSA) is 106 Å². The second-order valence-corrected chi connectivity index (χ2v) is 9.77. The van der Waals surface area contributed by atoms with Crippen LogP contribution in [0.5, 0.6) is 5.75 Å². The Kier molecular flexibility index (Phi) is 7.94. The maximum Gasteiger partial charge on any atom is 0.350 e. The number of amides is 1. The number of thiazole rings is 1. The number of Topliss-reactive ketones (excluding diaryl/α,β-unsaturated/α-hetero) is 1. The fourth-order valence-electron chi connectivity index (χ4n) is 3.98. The molecule has 1 fully saturated rings. The van der Waals surface area contributed by atoms with E-state index >= 15 is 0 Å². The Bertz CT molecular complexity index is 1380. The number of carbonyl (C=O) groups excluding carboxylic acids is 3. The van der Waals surface area contributed by atoms with Crippen molar-refractivity contribution in [1.82, 2.24) is 4.98 Å². The van der Waals surface area contributed by atoms with Gasteiger partial charge in [-0.05, 0) is 55.3 Å². The lowest BCUT2D eigenvalue weighted by atomic mass is 9.95. The maximum absolute atomic E-state index is 13.4. The first kappa shape index (κ1) is 26.4. The van der Waals surface area contributed by atoms with Gasteiger partial charge in [0, 0.05) is 10.6 Å². The van der Waals surface area contributed by atoms with Crippen molar-refractivity contribution in [3.8, 4) is 5.75 Å². The van der Waals surface area contributed by atoms with E-state index in [1.165, 1.54) is 12.0 Å². The molecule has 1 unspecified atom stereocenters. The monoisotopic (exact) mass is 540 g/mol. The first-order chi connectivity index (χ1) is 17.8. The van der Waals surface area contributed by atoms with Gasteiger partial charge in [-0.1, -0.05) is 48.4 Å². The second-order valence-electron chi connectivity index (χ2n) is 8.35. The number of aliphatic hydroxyl groups excluding tert-OH is 1. The number of methoxy groups -OCH3 is 1. The predicted octanol–water partition coefficient (Wildman–Crippen LogP) is 5.70. The fraction of sp³-hybridized carbons (Fsp3) is 0.259. The summed E-state index contributed by atoms with van der Waals surface area (Å²) in [5.41, 5.74) is 1.12. The van der Waals surface area contributed by atoms with E-state index in [0.29, 0.717) is 34.2 Å². The van der Waals surface area contributed by atoms with Gasteiger partial charge in [0.2, 0.25) is 0 Å². The van der Waals surface area contributed by atoms with E-state index in [0.717, 1.165) is 24.2 Å². The molecule has 1 aliphatic rings. The first-order valence-corrected chi connectivity index (χ1v) is 12.8. The number of hydrogen-bond acceptors (Lipinski definition) is 8. The van der Waals surface area contributed by atoms with E-state index in [9.17, 15) is 19.5 Å². The van der Waals surface area contributed by atoms with Gasteiger partial charge in [0.1, 0.15) is 16.4 Å². The van der Waals surface area contributed by atoms with Gasteiger partial charge in [-0.2, -0.15) is 0 Å². The third kappa shape index (κ3) is 5.23. The number of anilines is 1. The minimum absolute atomic E-state index is 0.106. The van der Waals surface area contributed by atoms with Gasteiger partial charge in [0.25, 0.3) is 5.78 Å². The molecule has 1 amide bonds. The zero-order valence-electron chi connectivity index (χ0n) is 20.5. The Morgan fingerprint density at radius 3 is 2.59 bits per heavy atom. The Morgan fingerprint density at radius 2 is 1.92 bits per heavy atom. The average Bonchev–Trinajstić information content (AvgIpc) is 3.40. The van der Waals surface area contributed by atoms with Crippen LogP contribution in [0.15, 0.2) is 54.1 Å². The van der Waals surface area contributed by atoms with Gasteiger partial charge in [0.15, 0.2) is 5.13 Å². The number of aliphatic hydroxyl groups is 1. The molecule has 8 nitrogen and oxygen atoms in total. The molecule has 4 rings (SSSR count). The number of ether oxygens (including phenoxy) is 2. The first-order valence-electron chi connectivity index (χ1n) is 11.6. The Hall–Kier alpha value is -3.69. The van der Waals surface area contributed by atoms with Crippen molar-refractivity contribution in [3.63, 3.8) is 0 Å². The van der Waals surface area contributed by atoms with Crippen molar-refractivity contribution < 1.29 is 29.0 Å². The standard InChI is InChI=1S/C27H25ClN2O6S/c1-4-5-13-36-19-8-6-7-17(14-19)21-20(22(31)16-9-11-18(28)12-10-16)23(32)25(33)30(21)27-29-15(2)24(37-27)26(34)35-3/h6-12,14,21,31H,4-5,13H2,1-3H3. The van der Waals surface area contributed by atoms with E-state index in [4.69, 9.17) is 21.1 Å². The van der Waals surface area contributed by atoms with Crippen molar-refractivity contribution in [3.05, 3.63) is 80.8 Å². The minimum Gasteiger partial charge on any atom is -0.507 e. The van der Waals surface area contributed by atoms with Gasteiger partial charge in [-0.25, -0.2) is 9.78 Å². The van der Waals surface area contributed by atoms with E-state index in [-0.39, 0.29) is 21.3 Å². The van der Waals surface area contributed by atoms with Crippen molar-refractivity contribution >= 4 is 51.5 Å². The molecule has 0 aliphatic carbocycles. The number of aryl methyl sites for hydroxylation is 1. The summed E-state index contributed by atoms with van der Waals surface area (Å²) in [5.74, 6) is -2.12. The number of hydrogen-bond donors (Lipinski definition) is 1. The summed E-state index contributed by atoms with van der Waals surface area (Å²) in [6.45, 7) is 4.19. The molecular weight excluding hydrogens is 516 g/mol. The number of unbranched alkanes of at least 4 members (excludes halogenated alkanes) is 1. The fourth-order valence-corrected chi connectivity index (χ4v) is 5.12. The molecule has 1 aliphatic heterocycles. The molecule has 1 atom stereocenters. The summed E-state index contributed by atoms with van der Waals surface area (Å²) >= 11 is 6.93. The van der Waals surface area contributed by atoms with Crippen LogP contribution in [0.25, 0.3) is 5.76 Å². The van der Waals surface area contributed by atoms with Gasteiger partial charge in [0.05, 0.1) is 31.0 Å². The minimum atomic E-state index is -1.01. The molecule has 0 spiro atoms. The highest BCUT2D eigenvalue weighted by Gasteiger charge is 2.48. The van der Waals surface area contributed by atoms with Crippen LogP contribution in [0.4, 0.5) is 5.13 Å². The Labute approximate surface area is 223 Å². The lowest BCUT2D eigenvalue weighted by molar-refractivity contribution is -0.132. The maximum atomic E-state index is 13.4. The molecule has 2 heterocycles. The molecule has 192 valence electrons.